The normalized spacial score (nSPS) is 11.7. The Morgan fingerprint density at radius 2 is 1.82 bits per heavy atom. The van der Waals surface area contributed by atoms with Crippen molar-refractivity contribution in [2.24, 2.45) is 14.1 Å². The summed E-state index contributed by atoms with van der Waals surface area (Å²) in [6.07, 6.45) is 1.87. The minimum absolute atomic E-state index is 0.0712. The number of aryl methyl sites for hydroxylation is 1. The van der Waals surface area contributed by atoms with E-state index in [9.17, 15) is 22.8 Å². The monoisotopic (exact) mass is 478 g/mol. The highest BCUT2D eigenvalue weighted by Gasteiger charge is 2.17. The van der Waals surface area contributed by atoms with Gasteiger partial charge in [-0.1, -0.05) is 0 Å². The molecule has 0 aliphatic heterocycles. The minimum atomic E-state index is -3.67. The number of sulfonamides is 1. The van der Waals surface area contributed by atoms with Crippen LogP contribution < -0.4 is 21.3 Å². The van der Waals surface area contributed by atoms with Gasteiger partial charge in [0.25, 0.3) is 5.56 Å². The molecule has 13 heteroatoms. The van der Waals surface area contributed by atoms with E-state index in [2.05, 4.69) is 15.0 Å². The molecule has 3 rings (SSSR count). The fourth-order valence-corrected chi connectivity index (χ4v) is 4.27. The van der Waals surface area contributed by atoms with Gasteiger partial charge in [0, 0.05) is 39.5 Å². The molecular formula is C20H26N6O6S. The topological polar surface area (TPSA) is 146 Å². The Hall–Kier alpha value is -3.29. The van der Waals surface area contributed by atoms with Gasteiger partial charge in [0.15, 0.2) is 11.2 Å². The molecule has 2 N–H and O–H groups in total. The summed E-state index contributed by atoms with van der Waals surface area (Å²) in [5.41, 5.74) is -0.367. The van der Waals surface area contributed by atoms with Crippen molar-refractivity contribution in [3.8, 4) is 0 Å². The number of ether oxygens (including phenoxy) is 1. The van der Waals surface area contributed by atoms with Crippen molar-refractivity contribution in [3.63, 3.8) is 0 Å². The van der Waals surface area contributed by atoms with Crippen molar-refractivity contribution in [3.05, 3.63) is 51.4 Å². The van der Waals surface area contributed by atoms with Crippen molar-refractivity contribution in [2.45, 2.75) is 24.8 Å². The van der Waals surface area contributed by atoms with Crippen LogP contribution in [-0.2, 0) is 40.2 Å². The van der Waals surface area contributed by atoms with Crippen molar-refractivity contribution in [2.75, 3.05) is 25.1 Å². The molecule has 0 aliphatic rings. The molecule has 3 aromatic rings. The fraction of sp³-hybridized carbons (Fsp3) is 0.400. The third kappa shape index (κ3) is 5.38. The highest BCUT2D eigenvalue weighted by atomic mass is 32.2. The second kappa shape index (κ2) is 10.1. The Morgan fingerprint density at radius 3 is 2.48 bits per heavy atom. The summed E-state index contributed by atoms with van der Waals surface area (Å²) >= 11 is 0. The van der Waals surface area contributed by atoms with Gasteiger partial charge in [-0.15, -0.1) is 0 Å². The van der Waals surface area contributed by atoms with E-state index in [-0.39, 0.29) is 29.1 Å². The summed E-state index contributed by atoms with van der Waals surface area (Å²) in [7, 11) is -0.827. The average molecular weight is 479 g/mol. The third-order valence-corrected chi connectivity index (χ3v) is 6.42. The Morgan fingerprint density at radius 1 is 1.12 bits per heavy atom. The standard InChI is InChI=1S/C20H26N6O6S/c1-4-32-11-5-10-22-33(30,31)15-8-6-14(7-9-15)23-16(27)12-26-13-21-18-17(26)19(28)25(3)20(29)24(18)2/h6-9,13,22H,4-5,10-12H2,1-3H3,(H,23,27). The molecule has 0 saturated heterocycles. The number of nitrogens with one attached hydrogen (secondary N) is 2. The quantitative estimate of drug-likeness (QED) is 0.383. The van der Waals surface area contributed by atoms with Gasteiger partial charge in [0.05, 0.1) is 11.2 Å². The van der Waals surface area contributed by atoms with Gasteiger partial charge < -0.3 is 14.6 Å². The smallest absolute Gasteiger partial charge is 0.332 e. The van der Waals surface area contributed by atoms with Crippen LogP contribution in [0.25, 0.3) is 11.2 Å². The number of hydrogen-bond donors (Lipinski definition) is 2. The number of carbonyl (C=O) groups is 1. The van der Waals surface area contributed by atoms with E-state index < -0.39 is 27.2 Å². The van der Waals surface area contributed by atoms with Gasteiger partial charge in [0.2, 0.25) is 15.9 Å². The first-order chi connectivity index (χ1) is 15.7. The number of fused-ring (bicyclic) bond motifs is 1. The SMILES string of the molecule is CCOCCCNS(=O)(=O)c1ccc(NC(=O)Cn2cnc3c2c(=O)n(C)c(=O)n3C)cc1. The predicted octanol–water partition coefficient (Wildman–Crippen LogP) is -0.223. The van der Waals surface area contributed by atoms with Gasteiger partial charge in [-0.2, -0.15) is 0 Å². The van der Waals surface area contributed by atoms with Gasteiger partial charge in [-0.25, -0.2) is 22.9 Å². The Kier molecular flexibility index (Phi) is 7.46. The van der Waals surface area contributed by atoms with Crippen LogP contribution in [0.3, 0.4) is 0 Å². The molecule has 0 radical (unpaired) electrons. The van der Waals surface area contributed by atoms with Crippen LogP contribution in [0.2, 0.25) is 0 Å². The molecule has 2 heterocycles. The number of benzene rings is 1. The number of aromatic nitrogens is 4. The summed E-state index contributed by atoms with van der Waals surface area (Å²) in [4.78, 5) is 41.1. The van der Waals surface area contributed by atoms with Gasteiger partial charge in [-0.05, 0) is 37.6 Å². The number of imidazole rings is 1. The van der Waals surface area contributed by atoms with Gasteiger partial charge in [0.1, 0.15) is 6.54 Å². The number of amides is 1. The van der Waals surface area contributed by atoms with E-state index in [1.807, 2.05) is 6.92 Å². The Bertz CT molecular complexity index is 1370. The zero-order valence-corrected chi connectivity index (χ0v) is 19.4. The molecule has 0 saturated carbocycles. The van der Waals surface area contributed by atoms with Crippen LogP contribution in [0, 0.1) is 0 Å². The minimum Gasteiger partial charge on any atom is -0.382 e. The number of nitrogens with zero attached hydrogens (tertiary/aromatic N) is 4. The summed E-state index contributed by atoms with van der Waals surface area (Å²) in [6, 6.07) is 5.72. The first-order valence-corrected chi connectivity index (χ1v) is 11.7. The van der Waals surface area contributed by atoms with Crippen molar-refractivity contribution >= 4 is 32.8 Å². The molecule has 0 bridgehead atoms. The maximum Gasteiger partial charge on any atom is 0.332 e. The van der Waals surface area contributed by atoms with Crippen molar-refractivity contribution in [1.29, 1.82) is 0 Å². The number of hydrogen-bond acceptors (Lipinski definition) is 7. The molecule has 0 unspecified atom stereocenters. The van der Waals surface area contributed by atoms with E-state index >= 15 is 0 Å². The third-order valence-electron chi connectivity index (χ3n) is 4.94. The Labute approximate surface area is 189 Å². The van der Waals surface area contributed by atoms with E-state index in [0.29, 0.717) is 25.3 Å². The molecule has 12 nitrogen and oxygen atoms in total. The molecule has 0 atom stereocenters. The fourth-order valence-electron chi connectivity index (χ4n) is 3.20. The average Bonchev–Trinajstić information content (AvgIpc) is 3.20. The van der Waals surface area contributed by atoms with Crippen LogP contribution in [0.1, 0.15) is 13.3 Å². The molecule has 2 aromatic heterocycles. The molecule has 33 heavy (non-hydrogen) atoms. The second-order valence-electron chi connectivity index (χ2n) is 7.27. The molecule has 0 aliphatic carbocycles. The maximum atomic E-state index is 12.5. The first-order valence-electron chi connectivity index (χ1n) is 10.2. The van der Waals surface area contributed by atoms with Crippen LogP contribution >= 0.6 is 0 Å². The molecule has 178 valence electrons. The predicted molar refractivity (Wildman–Crippen MR) is 122 cm³/mol. The number of carbonyl (C=O) groups excluding carboxylic acids is 1. The lowest BCUT2D eigenvalue weighted by Crippen LogP contribution is -2.37. The lowest BCUT2D eigenvalue weighted by Gasteiger charge is -2.10. The van der Waals surface area contributed by atoms with Crippen LogP contribution in [-0.4, -0.2) is 52.8 Å². The lowest BCUT2D eigenvalue weighted by molar-refractivity contribution is -0.116. The highest BCUT2D eigenvalue weighted by Crippen LogP contribution is 2.14. The summed E-state index contributed by atoms with van der Waals surface area (Å²) in [6.45, 7) is 2.95. The Balaban J connectivity index is 1.67. The van der Waals surface area contributed by atoms with E-state index in [4.69, 9.17) is 4.74 Å². The summed E-state index contributed by atoms with van der Waals surface area (Å²) in [5.74, 6) is -0.449. The van der Waals surface area contributed by atoms with Gasteiger partial charge >= 0.3 is 5.69 Å². The highest BCUT2D eigenvalue weighted by molar-refractivity contribution is 7.89. The maximum absolute atomic E-state index is 12.5. The number of anilines is 1. The van der Waals surface area contributed by atoms with E-state index in [0.717, 1.165) is 4.57 Å². The van der Waals surface area contributed by atoms with Crippen LogP contribution in [0.15, 0.2) is 45.1 Å². The molecule has 1 aromatic carbocycles. The molecule has 0 spiro atoms. The lowest BCUT2D eigenvalue weighted by atomic mass is 10.3. The molecular weight excluding hydrogens is 452 g/mol. The zero-order chi connectivity index (χ0) is 24.2. The second-order valence-corrected chi connectivity index (χ2v) is 9.04. The molecule has 0 fully saturated rings. The zero-order valence-electron chi connectivity index (χ0n) is 18.6. The van der Waals surface area contributed by atoms with Crippen LogP contribution in [0.5, 0.6) is 0 Å². The van der Waals surface area contributed by atoms with E-state index in [1.165, 1.54) is 53.8 Å². The van der Waals surface area contributed by atoms with E-state index in [1.54, 1.807) is 0 Å². The summed E-state index contributed by atoms with van der Waals surface area (Å²) in [5, 5.41) is 2.65. The molecule has 1 amide bonds. The summed E-state index contributed by atoms with van der Waals surface area (Å²) < 4.78 is 35.9. The van der Waals surface area contributed by atoms with Gasteiger partial charge in [-0.3, -0.25) is 18.7 Å². The van der Waals surface area contributed by atoms with Crippen molar-refractivity contribution < 1.29 is 17.9 Å². The number of rotatable bonds is 10. The van der Waals surface area contributed by atoms with Crippen LogP contribution in [0.4, 0.5) is 5.69 Å². The largest absolute Gasteiger partial charge is 0.382 e. The first kappa shape index (κ1) is 24.4. The van der Waals surface area contributed by atoms with Crippen molar-refractivity contribution in [1.82, 2.24) is 23.4 Å².